The molecule has 0 fully saturated rings. The molecule has 0 aliphatic carbocycles. The zero-order valence-corrected chi connectivity index (χ0v) is 17.3. The summed E-state index contributed by atoms with van der Waals surface area (Å²) in [6, 6.07) is 15.6. The molecule has 0 unspecified atom stereocenters. The SMILES string of the molecule is Nc1nc(N)c2sc3nc(-c4ccc(Cl)cc4)cc(-c4cccc([N+](=O)[O-])c4)c3c2n1. The Balaban J connectivity index is 1.89. The second-order valence-electron chi connectivity index (χ2n) is 6.80. The molecular weight excluding hydrogens is 436 g/mol. The van der Waals surface area contributed by atoms with Crippen molar-refractivity contribution in [2.75, 3.05) is 11.5 Å². The predicted octanol–water partition coefficient (Wildman–Crippen LogP) is 5.30. The second kappa shape index (κ2) is 7.15. The highest BCUT2D eigenvalue weighted by atomic mass is 35.5. The van der Waals surface area contributed by atoms with Gasteiger partial charge in [0.05, 0.1) is 20.8 Å². The summed E-state index contributed by atoms with van der Waals surface area (Å²) >= 11 is 7.38. The van der Waals surface area contributed by atoms with Gasteiger partial charge in [-0.3, -0.25) is 10.1 Å². The van der Waals surface area contributed by atoms with E-state index in [9.17, 15) is 10.1 Å². The number of nitrogens with zero attached hydrogens (tertiary/aromatic N) is 4. The lowest BCUT2D eigenvalue weighted by molar-refractivity contribution is -0.384. The zero-order valence-electron chi connectivity index (χ0n) is 15.7. The van der Waals surface area contributed by atoms with Crippen molar-refractivity contribution in [1.82, 2.24) is 15.0 Å². The minimum atomic E-state index is -0.425. The molecule has 152 valence electrons. The van der Waals surface area contributed by atoms with Gasteiger partial charge in [-0.05, 0) is 29.3 Å². The minimum Gasteiger partial charge on any atom is -0.382 e. The summed E-state index contributed by atoms with van der Waals surface area (Å²) in [6.45, 7) is 0. The quantitative estimate of drug-likeness (QED) is 0.282. The Hall–Kier alpha value is -3.82. The number of pyridine rings is 1. The lowest BCUT2D eigenvalue weighted by atomic mass is 9.99. The summed E-state index contributed by atoms with van der Waals surface area (Å²) < 4.78 is 0.664. The average Bonchev–Trinajstić information content (AvgIpc) is 3.12. The van der Waals surface area contributed by atoms with E-state index < -0.39 is 4.92 Å². The van der Waals surface area contributed by atoms with Crippen molar-refractivity contribution >= 4 is 60.8 Å². The van der Waals surface area contributed by atoms with Gasteiger partial charge in [-0.15, -0.1) is 11.3 Å². The lowest BCUT2D eigenvalue weighted by Gasteiger charge is -2.09. The van der Waals surface area contributed by atoms with Gasteiger partial charge in [0.2, 0.25) is 5.95 Å². The van der Waals surface area contributed by atoms with Crippen molar-refractivity contribution in [3.8, 4) is 22.4 Å². The number of benzene rings is 2. The Morgan fingerprint density at radius 2 is 1.74 bits per heavy atom. The summed E-state index contributed by atoms with van der Waals surface area (Å²) in [5.41, 5.74) is 15.4. The maximum Gasteiger partial charge on any atom is 0.270 e. The minimum absolute atomic E-state index is 0.0105. The molecule has 0 aliphatic heterocycles. The molecule has 0 bridgehead atoms. The molecule has 5 aromatic rings. The number of nitrogen functional groups attached to an aromatic ring is 2. The van der Waals surface area contributed by atoms with Crippen LogP contribution >= 0.6 is 22.9 Å². The second-order valence-corrected chi connectivity index (χ2v) is 8.23. The van der Waals surface area contributed by atoms with Crippen LogP contribution in [0.5, 0.6) is 0 Å². The third-order valence-electron chi connectivity index (χ3n) is 4.84. The van der Waals surface area contributed by atoms with Crippen molar-refractivity contribution in [2.45, 2.75) is 0 Å². The van der Waals surface area contributed by atoms with Gasteiger partial charge >= 0.3 is 0 Å². The zero-order chi connectivity index (χ0) is 21.7. The fourth-order valence-electron chi connectivity index (χ4n) is 3.46. The van der Waals surface area contributed by atoms with E-state index in [-0.39, 0.29) is 17.5 Å². The molecule has 0 saturated heterocycles. The number of anilines is 2. The van der Waals surface area contributed by atoms with E-state index in [4.69, 9.17) is 28.1 Å². The van der Waals surface area contributed by atoms with Gasteiger partial charge in [-0.2, -0.15) is 4.98 Å². The van der Waals surface area contributed by atoms with Crippen LogP contribution in [0.1, 0.15) is 0 Å². The number of non-ortho nitro benzene ring substituents is 1. The van der Waals surface area contributed by atoms with Crippen LogP contribution in [0, 0.1) is 10.1 Å². The lowest BCUT2D eigenvalue weighted by Crippen LogP contribution is -1.99. The summed E-state index contributed by atoms with van der Waals surface area (Å²) in [7, 11) is 0. The van der Waals surface area contributed by atoms with Gasteiger partial charge in [0.15, 0.2) is 0 Å². The van der Waals surface area contributed by atoms with Crippen molar-refractivity contribution in [3.63, 3.8) is 0 Å². The molecule has 3 heterocycles. The van der Waals surface area contributed by atoms with Gasteiger partial charge in [-0.25, -0.2) is 9.97 Å². The summed E-state index contributed by atoms with van der Waals surface area (Å²) in [6.07, 6.45) is 0. The van der Waals surface area contributed by atoms with Crippen LogP contribution < -0.4 is 11.5 Å². The summed E-state index contributed by atoms with van der Waals surface area (Å²) in [4.78, 5) is 24.8. The fourth-order valence-corrected chi connectivity index (χ4v) is 4.63. The smallest absolute Gasteiger partial charge is 0.270 e. The normalized spacial score (nSPS) is 11.3. The predicted molar refractivity (Wildman–Crippen MR) is 124 cm³/mol. The van der Waals surface area contributed by atoms with E-state index in [1.54, 1.807) is 18.2 Å². The molecule has 0 amide bonds. The summed E-state index contributed by atoms with van der Waals surface area (Å²) in [5.74, 6) is 0.319. The topological polar surface area (TPSA) is 134 Å². The molecule has 0 radical (unpaired) electrons. The number of nitrogens with two attached hydrogens (primary N) is 2. The first kappa shape index (κ1) is 19.2. The largest absolute Gasteiger partial charge is 0.382 e. The number of thiophene rings is 1. The Bertz CT molecular complexity index is 1500. The van der Waals surface area contributed by atoms with Gasteiger partial charge in [0.1, 0.15) is 10.6 Å². The van der Waals surface area contributed by atoms with Crippen LogP contribution in [0.25, 0.3) is 42.8 Å². The number of nitro benzene ring substituents is 1. The van der Waals surface area contributed by atoms with E-state index in [1.807, 2.05) is 24.3 Å². The number of fused-ring (bicyclic) bond motifs is 3. The van der Waals surface area contributed by atoms with Gasteiger partial charge in [0.25, 0.3) is 5.69 Å². The molecule has 4 N–H and O–H groups in total. The fraction of sp³-hybridized carbons (Fsp3) is 0. The van der Waals surface area contributed by atoms with Crippen LogP contribution in [-0.4, -0.2) is 19.9 Å². The summed E-state index contributed by atoms with van der Waals surface area (Å²) in [5, 5.41) is 12.7. The van der Waals surface area contributed by atoms with Crippen LogP contribution in [-0.2, 0) is 0 Å². The average molecular weight is 449 g/mol. The number of rotatable bonds is 3. The van der Waals surface area contributed by atoms with Crippen molar-refractivity contribution in [1.29, 1.82) is 0 Å². The molecule has 3 aromatic heterocycles. The van der Waals surface area contributed by atoms with Crippen molar-refractivity contribution in [2.24, 2.45) is 0 Å². The van der Waals surface area contributed by atoms with E-state index >= 15 is 0 Å². The maximum absolute atomic E-state index is 11.3. The number of halogens is 1. The van der Waals surface area contributed by atoms with Gasteiger partial charge in [-0.1, -0.05) is 35.9 Å². The molecule has 0 saturated carbocycles. The highest BCUT2D eigenvalue weighted by molar-refractivity contribution is 7.26. The molecule has 10 heteroatoms. The van der Waals surface area contributed by atoms with Crippen molar-refractivity contribution < 1.29 is 4.92 Å². The molecule has 31 heavy (non-hydrogen) atoms. The Kier molecular flexibility index (Phi) is 4.42. The molecule has 8 nitrogen and oxygen atoms in total. The first-order valence-corrected chi connectivity index (χ1v) is 10.3. The highest BCUT2D eigenvalue weighted by Crippen LogP contribution is 2.42. The molecule has 5 rings (SSSR count). The monoisotopic (exact) mass is 448 g/mol. The molecular formula is C21H13ClN6O2S. The van der Waals surface area contributed by atoms with E-state index in [0.717, 1.165) is 16.5 Å². The van der Waals surface area contributed by atoms with Crippen LogP contribution in [0.2, 0.25) is 5.02 Å². The Morgan fingerprint density at radius 1 is 0.968 bits per heavy atom. The maximum atomic E-state index is 11.3. The third kappa shape index (κ3) is 3.29. The standard InChI is InChI=1S/C21H13ClN6O2S/c22-12-6-4-10(5-7-12)15-9-14(11-2-1-3-13(8-11)28(29)30)16-17-18(31-20(16)25-15)19(23)27-21(24)26-17/h1-9H,(H4,23,24,26,27). The van der Waals surface area contributed by atoms with Crippen LogP contribution in [0.15, 0.2) is 54.6 Å². The third-order valence-corrected chi connectivity index (χ3v) is 6.19. The van der Waals surface area contributed by atoms with Crippen LogP contribution in [0.3, 0.4) is 0 Å². The van der Waals surface area contributed by atoms with E-state index in [1.165, 1.54) is 23.5 Å². The number of hydrogen-bond acceptors (Lipinski definition) is 8. The molecule has 2 aromatic carbocycles. The van der Waals surface area contributed by atoms with Crippen LogP contribution in [0.4, 0.5) is 17.5 Å². The highest BCUT2D eigenvalue weighted by Gasteiger charge is 2.19. The first-order valence-electron chi connectivity index (χ1n) is 9.08. The Morgan fingerprint density at radius 3 is 2.48 bits per heavy atom. The van der Waals surface area contributed by atoms with Crippen molar-refractivity contribution in [3.05, 3.63) is 69.7 Å². The van der Waals surface area contributed by atoms with Gasteiger partial charge in [0, 0.05) is 28.1 Å². The number of nitro groups is 1. The molecule has 0 atom stereocenters. The van der Waals surface area contributed by atoms with E-state index in [0.29, 0.717) is 31.3 Å². The molecule has 0 spiro atoms. The number of aromatic nitrogens is 3. The van der Waals surface area contributed by atoms with Gasteiger partial charge < -0.3 is 11.5 Å². The number of hydrogen-bond donors (Lipinski definition) is 2. The van der Waals surface area contributed by atoms with E-state index in [2.05, 4.69) is 9.97 Å². The first-order chi connectivity index (χ1) is 14.9. The Labute approximate surface area is 184 Å². The molecule has 0 aliphatic rings.